The third kappa shape index (κ3) is 5.99. The third-order valence-corrected chi connectivity index (χ3v) is 6.53. The molecule has 2 aliphatic rings. The predicted molar refractivity (Wildman–Crippen MR) is 128 cm³/mol. The highest BCUT2D eigenvalue weighted by molar-refractivity contribution is 5.99. The number of anilines is 3. The Morgan fingerprint density at radius 3 is 2.27 bits per heavy atom. The van der Waals surface area contributed by atoms with E-state index in [9.17, 15) is 4.79 Å². The van der Waals surface area contributed by atoms with E-state index in [1.807, 2.05) is 6.20 Å². The maximum absolute atomic E-state index is 13.3. The molecule has 1 aliphatic heterocycles. The van der Waals surface area contributed by atoms with Gasteiger partial charge in [-0.3, -0.25) is 9.78 Å². The largest absolute Gasteiger partial charge is 0.382 e. The number of carbonyl (C=O) groups excluding carboxylic acids is 1. The van der Waals surface area contributed by atoms with Crippen LogP contribution in [0.15, 0.2) is 12.8 Å². The highest BCUT2D eigenvalue weighted by atomic mass is 16.1. The first-order valence-electron chi connectivity index (χ1n) is 12.2. The minimum atomic E-state index is 0.110. The van der Waals surface area contributed by atoms with Crippen molar-refractivity contribution in [1.29, 1.82) is 0 Å². The van der Waals surface area contributed by atoms with Gasteiger partial charge in [-0.05, 0) is 45.1 Å². The molecular formula is C25H40N4O. The second kappa shape index (κ2) is 12.0. The van der Waals surface area contributed by atoms with Crippen LogP contribution in [0.3, 0.4) is 0 Å². The first-order valence-corrected chi connectivity index (χ1v) is 12.2. The summed E-state index contributed by atoms with van der Waals surface area (Å²) in [5, 5.41) is 6.79. The zero-order valence-electron chi connectivity index (χ0n) is 18.8. The van der Waals surface area contributed by atoms with Gasteiger partial charge < -0.3 is 15.5 Å². The van der Waals surface area contributed by atoms with Crippen molar-refractivity contribution in [2.24, 2.45) is 5.92 Å². The monoisotopic (exact) mass is 412 g/mol. The maximum atomic E-state index is 13.3. The fourth-order valence-electron chi connectivity index (χ4n) is 4.87. The van der Waals surface area contributed by atoms with Crippen LogP contribution in [0.1, 0.15) is 89.7 Å². The molecule has 2 N–H and O–H groups in total. The lowest BCUT2D eigenvalue weighted by Crippen LogP contribution is -2.32. The molecule has 2 heterocycles. The van der Waals surface area contributed by atoms with Crippen LogP contribution in [0, 0.1) is 5.92 Å². The fraction of sp³-hybridized carbons (Fsp3) is 0.680. The molecule has 166 valence electrons. The van der Waals surface area contributed by atoms with E-state index in [1.165, 1.54) is 51.4 Å². The molecule has 1 saturated heterocycles. The van der Waals surface area contributed by atoms with Crippen LogP contribution in [0.5, 0.6) is 0 Å². The molecule has 0 atom stereocenters. The van der Waals surface area contributed by atoms with Crippen molar-refractivity contribution < 1.29 is 4.79 Å². The van der Waals surface area contributed by atoms with Crippen molar-refractivity contribution >= 4 is 29.0 Å². The van der Waals surface area contributed by atoms with Crippen LogP contribution in [0.25, 0.3) is 6.08 Å². The quantitative estimate of drug-likeness (QED) is 0.582. The van der Waals surface area contributed by atoms with Crippen molar-refractivity contribution in [3.63, 3.8) is 0 Å². The van der Waals surface area contributed by atoms with Crippen LogP contribution < -0.4 is 15.5 Å². The molecule has 1 amide bonds. The Labute approximate surface area is 182 Å². The van der Waals surface area contributed by atoms with E-state index in [0.717, 1.165) is 68.1 Å². The van der Waals surface area contributed by atoms with Gasteiger partial charge in [0.2, 0.25) is 5.91 Å². The zero-order chi connectivity index (χ0) is 21.2. The van der Waals surface area contributed by atoms with Gasteiger partial charge in [0.05, 0.1) is 29.0 Å². The third-order valence-electron chi connectivity index (χ3n) is 6.53. The lowest BCUT2D eigenvalue weighted by molar-refractivity contribution is -0.120. The normalized spacial score (nSPS) is 19.2. The van der Waals surface area contributed by atoms with Gasteiger partial charge in [-0.2, -0.15) is 0 Å². The van der Waals surface area contributed by atoms with E-state index < -0.39 is 0 Å². The predicted octanol–water partition coefficient (Wildman–Crippen LogP) is 6.23. The smallest absolute Gasteiger partial charge is 0.227 e. The highest BCUT2D eigenvalue weighted by Crippen LogP contribution is 2.38. The van der Waals surface area contributed by atoms with Crippen LogP contribution in [0.4, 0.5) is 17.1 Å². The molecule has 5 nitrogen and oxygen atoms in total. The Balaban J connectivity index is 1.84. The zero-order valence-corrected chi connectivity index (χ0v) is 18.8. The van der Waals surface area contributed by atoms with Gasteiger partial charge in [0.25, 0.3) is 0 Å². The van der Waals surface area contributed by atoms with Crippen molar-refractivity contribution in [2.75, 3.05) is 35.2 Å². The lowest BCUT2D eigenvalue weighted by atomic mass is 9.91. The number of aromatic nitrogens is 1. The van der Waals surface area contributed by atoms with E-state index in [2.05, 4.69) is 34.0 Å². The summed E-state index contributed by atoms with van der Waals surface area (Å²) in [7, 11) is 0. The summed E-state index contributed by atoms with van der Waals surface area (Å²) in [4.78, 5) is 20.3. The number of pyridine rings is 1. The number of nitrogens with zero attached hydrogens (tertiary/aromatic N) is 2. The molecular weight excluding hydrogens is 372 g/mol. The second-order valence-corrected chi connectivity index (χ2v) is 8.80. The maximum Gasteiger partial charge on any atom is 0.227 e. The number of amides is 1. The van der Waals surface area contributed by atoms with Crippen LogP contribution in [-0.2, 0) is 4.79 Å². The molecule has 1 aromatic heterocycles. The van der Waals surface area contributed by atoms with Gasteiger partial charge >= 0.3 is 0 Å². The molecule has 30 heavy (non-hydrogen) atoms. The van der Waals surface area contributed by atoms with Crippen LogP contribution >= 0.6 is 0 Å². The van der Waals surface area contributed by atoms with Gasteiger partial charge in [0.1, 0.15) is 0 Å². The van der Waals surface area contributed by atoms with E-state index in [1.54, 1.807) is 6.08 Å². The summed E-state index contributed by atoms with van der Waals surface area (Å²) in [5.74, 6) is 0.281. The summed E-state index contributed by atoms with van der Waals surface area (Å²) < 4.78 is 0. The van der Waals surface area contributed by atoms with E-state index >= 15 is 0 Å². The Morgan fingerprint density at radius 2 is 1.67 bits per heavy atom. The number of carbonyl (C=O) groups is 1. The Hall–Kier alpha value is -2.04. The average molecular weight is 413 g/mol. The van der Waals surface area contributed by atoms with Gasteiger partial charge in [0.15, 0.2) is 0 Å². The molecule has 0 spiro atoms. The standard InChI is InChI=1S/C25H40N4O/c1-3-21-23(26-4-2)24(29-17-13-10-14-18-29)22(19-27-21)28-25(30)20-15-11-8-6-5-7-9-12-16-20/h3,19-20,26H,1,4-18H2,2H3,(H,28,30). The van der Waals surface area contributed by atoms with E-state index in [0.29, 0.717) is 0 Å². The number of hydrogen-bond donors (Lipinski definition) is 2. The summed E-state index contributed by atoms with van der Waals surface area (Å²) >= 11 is 0. The van der Waals surface area contributed by atoms with Crippen LogP contribution in [0.2, 0.25) is 0 Å². The molecule has 0 aromatic carbocycles. The molecule has 5 heteroatoms. The Morgan fingerprint density at radius 1 is 1.07 bits per heavy atom. The van der Waals surface area contributed by atoms with E-state index in [-0.39, 0.29) is 11.8 Å². The molecule has 1 saturated carbocycles. The summed E-state index contributed by atoms with van der Waals surface area (Å²) in [6.45, 7) is 8.89. The van der Waals surface area contributed by atoms with Crippen molar-refractivity contribution in [2.45, 2.75) is 84.0 Å². The molecule has 0 unspecified atom stereocenters. The summed E-state index contributed by atoms with van der Waals surface area (Å²) in [5.41, 5.74) is 3.79. The Kier molecular flexibility index (Phi) is 9.03. The van der Waals surface area contributed by atoms with Crippen molar-refractivity contribution in [3.8, 4) is 0 Å². The molecule has 1 aliphatic carbocycles. The minimum absolute atomic E-state index is 0.110. The molecule has 0 bridgehead atoms. The molecule has 3 rings (SSSR count). The molecule has 1 aromatic rings. The van der Waals surface area contributed by atoms with Gasteiger partial charge in [-0.25, -0.2) is 0 Å². The van der Waals surface area contributed by atoms with Crippen molar-refractivity contribution in [3.05, 3.63) is 18.5 Å². The lowest BCUT2D eigenvalue weighted by Gasteiger charge is -2.33. The summed E-state index contributed by atoms with van der Waals surface area (Å²) in [6, 6.07) is 0. The van der Waals surface area contributed by atoms with Crippen LogP contribution in [-0.4, -0.2) is 30.5 Å². The fourth-order valence-corrected chi connectivity index (χ4v) is 4.87. The van der Waals surface area contributed by atoms with Crippen molar-refractivity contribution in [1.82, 2.24) is 4.98 Å². The number of rotatable bonds is 6. The molecule has 0 radical (unpaired) electrons. The average Bonchev–Trinajstić information content (AvgIpc) is 2.78. The van der Waals surface area contributed by atoms with Gasteiger partial charge in [-0.15, -0.1) is 0 Å². The highest BCUT2D eigenvalue weighted by Gasteiger charge is 2.25. The second-order valence-electron chi connectivity index (χ2n) is 8.80. The van der Waals surface area contributed by atoms with Gasteiger partial charge in [-0.1, -0.05) is 51.5 Å². The van der Waals surface area contributed by atoms with Gasteiger partial charge in [0, 0.05) is 25.6 Å². The molecule has 2 fully saturated rings. The topological polar surface area (TPSA) is 57.3 Å². The first-order chi connectivity index (χ1) is 14.7. The SMILES string of the molecule is C=Cc1ncc(NC(=O)C2CCCCCCCCC2)c(N2CCCCC2)c1NCC. The summed E-state index contributed by atoms with van der Waals surface area (Å²) in [6.07, 6.45) is 18.1. The number of hydrogen-bond acceptors (Lipinski definition) is 4. The minimum Gasteiger partial charge on any atom is -0.382 e. The number of nitrogens with one attached hydrogen (secondary N) is 2. The first kappa shape index (κ1) is 22.6. The Bertz CT molecular complexity index is 687. The van der Waals surface area contributed by atoms with E-state index in [4.69, 9.17) is 0 Å². The number of piperidine rings is 1.